The van der Waals surface area contributed by atoms with Crippen LogP contribution in [0.15, 0.2) is 17.6 Å². The predicted molar refractivity (Wildman–Crippen MR) is 65.0 cm³/mol. The molecular weight excluding hydrogens is 238 g/mol. The highest BCUT2D eigenvalue weighted by Crippen LogP contribution is 2.30. The molecule has 1 fully saturated rings. The molecule has 1 aliphatic carbocycles. The van der Waals surface area contributed by atoms with Gasteiger partial charge in [-0.3, -0.25) is 0 Å². The second-order valence-corrected chi connectivity index (χ2v) is 6.73. The Hall–Kier alpha value is -0.880. The Kier molecular flexibility index (Phi) is 3.53. The summed E-state index contributed by atoms with van der Waals surface area (Å²) in [6, 6.07) is 0.108. The van der Waals surface area contributed by atoms with Gasteiger partial charge in [-0.2, -0.15) is 4.31 Å². The molecule has 0 spiro atoms. The minimum atomic E-state index is -3.41. The lowest BCUT2D eigenvalue weighted by Crippen LogP contribution is -2.42. The van der Waals surface area contributed by atoms with Crippen molar-refractivity contribution in [1.29, 1.82) is 0 Å². The van der Waals surface area contributed by atoms with Gasteiger partial charge in [0.1, 0.15) is 0 Å². The molecule has 2 unspecified atom stereocenters. The smallest absolute Gasteiger partial charge is 0.260 e. The van der Waals surface area contributed by atoms with E-state index in [-0.39, 0.29) is 11.1 Å². The summed E-state index contributed by atoms with van der Waals surface area (Å²) in [6.07, 6.45) is 7.12. The van der Waals surface area contributed by atoms with Crippen LogP contribution in [-0.4, -0.2) is 35.8 Å². The minimum Gasteiger partial charge on any atom is -0.335 e. The molecule has 0 aliphatic heterocycles. The lowest BCUT2D eigenvalue weighted by Gasteiger charge is -2.35. The number of H-pyrrole nitrogens is 1. The van der Waals surface area contributed by atoms with Crippen LogP contribution < -0.4 is 0 Å². The first kappa shape index (κ1) is 12.6. The van der Waals surface area contributed by atoms with E-state index in [4.69, 9.17) is 0 Å². The van der Waals surface area contributed by atoms with E-state index in [1.165, 1.54) is 23.3 Å². The normalized spacial score (nSPS) is 26.3. The zero-order chi connectivity index (χ0) is 12.5. The third-order valence-electron chi connectivity index (χ3n) is 3.66. The first-order valence-electron chi connectivity index (χ1n) is 6.00. The SMILES string of the molecule is CC1CCCCC1N(C)S(=O)(=O)c1cnc[nH]1. The van der Waals surface area contributed by atoms with E-state index in [0.29, 0.717) is 5.92 Å². The summed E-state index contributed by atoms with van der Waals surface area (Å²) in [4.78, 5) is 6.45. The molecule has 0 amide bonds. The van der Waals surface area contributed by atoms with Crippen molar-refractivity contribution < 1.29 is 8.42 Å². The maximum Gasteiger partial charge on any atom is 0.260 e. The van der Waals surface area contributed by atoms with Gasteiger partial charge in [-0.25, -0.2) is 13.4 Å². The third-order valence-corrected chi connectivity index (χ3v) is 5.47. The maximum atomic E-state index is 12.3. The molecule has 1 aliphatic rings. The molecule has 1 heterocycles. The second kappa shape index (κ2) is 4.78. The number of nitrogens with one attached hydrogen (secondary N) is 1. The fourth-order valence-electron chi connectivity index (χ4n) is 2.55. The van der Waals surface area contributed by atoms with Gasteiger partial charge in [0, 0.05) is 13.1 Å². The van der Waals surface area contributed by atoms with Crippen molar-refractivity contribution in [2.75, 3.05) is 7.05 Å². The van der Waals surface area contributed by atoms with Crippen molar-refractivity contribution in [2.24, 2.45) is 5.92 Å². The molecule has 1 saturated carbocycles. The molecule has 2 rings (SSSR count). The first-order chi connectivity index (χ1) is 8.03. The average Bonchev–Trinajstić information content (AvgIpc) is 2.83. The Morgan fingerprint density at radius 2 is 2.12 bits per heavy atom. The monoisotopic (exact) mass is 257 g/mol. The molecule has 1 N–H and O–H groups in total. The highest BCUT2D eigenvalue weighted by atomic mass is 32.2. The molecule has 0 radical (unpaired) electrons. The quantitative estimate of drug-likeness (QED) is 0.894. The van der Waals surface area contributed by atoms with Crippen LogP contribution in [0.5, 0.6) is 0 Å². The fraction of sp³-hybridized carbons (Fsp3) is 0.727. The van der Waals surface area contributed by atoms with E-state index >= 15 is 0 Å². The second-order valence-electron chi connectivity index (χ2n) is 4.77. The zero-order valence-corrected chi connectivity index (χ0v) is 11.1. The van der Waals surface area contributed by atoms with E-state index < -0.39 is 10.0 Å². The van der Waals surface area contributed by atoms with E-state index in [0.717, 1.165) is 19.3 Å². The summed E-state index contributed by atoms with van der Waals surface area (Å²) >= 11 is 0. The molecular formula is C11H19N3O2S. The highest BCUT2D eigenvalue weighted by molar-refractivity contribution is 7.89. The number of sulfonamides is 1. The van der Waals surface area contributed by atoms with Crippen LogP contribution in [-0.2, 0) is 10.0 Å². The number of aromatic nitrogens is 2. The lowest BCUT2D eigenvalue weighted by molar-refractivity contribution is 0.213. The van der Waals surface area contributed by atoms with Crippen molar-refractivity contribution in [3.8, 4) is 0 Å². The van der Waals surface area contributed by atoms with Gasteiger partial charge in [-0.15, -0.1) is 0 Å². The fourth-order valence-corrected chi connectivity index (χ4v) is 3.93. The number of nitrogens with zero attached hydrogens (tertiary/aromatic N) is 2. The standard InChI is InChI=1S/C11H19N3O2S/c1-9-5-3-4-6-10(9)14(2)17(15,16)11-7-12-8-13-11/h7-10H,3-6H2,1-2H3,(H,12,13). The molecule has 96 valence electrons. The Morgan fingerprint density at radius 3 is 2.71 bits per heavy atom. The Bertz CT molecular complexity index is 455. The molecule has 0 saturated heterocycles. The van der Waals surface area contributed by atoms with Crippen molar-refractivity contribution in [3.63, 3.8) is 0 Å². The number of hydrogen-bond donors (Lipinski definition) is 1. The number of aromatic amines is 1. The predicted octanol–water partition coefficient (Wildman–Crippen LogP) is 1.61. The topological polar surface area (TPSA) is 66.1 Å². The number of rotatable bonds is 3. The maximum absolute atomic E-state index is 12.3. The van der Waals surface area contributed by atoms with Crippen LogP contribution in [0.3, 0.4) is 0 Å². The Balaban J connectivity index is 2.22. The molecule has 2 atom stereocenters. The van der Waals surface area contributed by atoms with Crippen LogP contribution >= 0.6 is 0 Å². The van der Waals surface area contributed by atoms with Gasteiger partial charge < -0.3 is 4.98 Å². The van der Waals surface area contributed by atoms with Crippen molar-refractivity contribution in [3.05, 3.63) is 12.5 Å². The zero-order valence-electron chi connectivity index (χ0n) is 10.3. The van der Waals surface area contributed by atoms with Gasteiger partial charge in [0.2, 0.25) is 0 Å². The van der Waals surface area contributed by atoms with E-state index in [9.17, 15) is 8.42 Å². The molecule has 17 heavy (non-hydrogen) atoms. The largest absolute Gasteiger partial charge is 0.335 e. The van der Waals surface area contributed by atoms with Crippen LogP contribution in [0.2, 0.25) is 0 Å². The third kappa shape index (κ3) is 2.37. The molecule has 5 nitrogen and oxygen atoms in total. The van der Waals surface area contributed by atoms with Gasteiger partial charge in [-0.1, -0.05) is 19.8 Å². The van der Waals surface area contributed by atoms with Gasteiger partial charge in [0.05, 0.1) is 12.5 Å². The molecule has 0 bridgehead atoms. The van der Waals surface area contributed by atoms with Crippen LogP contribution in [0.25, 0.3) is 0 Å². The van der Waals surface area contributed by atoms with Crippen LogP contribution in [0, 0.1) is 5.92 Å². The number of hydrogen-bond acceptors (Lipinski definition) is 3. The van der Waals surface area contributed by atoms with Crippen molar-refractivity contribution >= 4 is 10.0 Å². The minimum absolute atomic E-state index is 0.108. The van der Waals surface area contributed by atoms with Crippen LogP contribution in [0.4, 0.5) is 0 Å². The molecule has 1 aromatic rings. The first-order valence-corrected chi connectivity index (χ1v) is 7.44. The van der Waals surface area contributed by atoms with E-state index in [2.05, 4.69) is 16.9 Å². The summed E-state index contributed by atoms with van der Waals surface area (Å²) in [7, 11) is -1.74. The van der Waals surface area contributed by atoms with E-state index in [1.54, 1.807) is 7.05 Å². The van der Waals surface area contributed by atoms with Crippen molar-refractivity contribution in [1.82, 2.24) is 14.3 Å². The van der Waals surface area contributed by atoms with Gasteiger partial charge in [0.25, 0.3) is 10.0 Å². The highest BCUT2D eigenvalue weighted by Gasteiger charge is 2.33. The van der Waals surface area contributed by atoms with E-state index in [1.807, 2.05) is 0 Å². The Labute approximate surface area is 102 Å². The number of imidazole rings is 1. The Morgan fingerprint density at radius 1 is 1.41 bits per heavy atom. The molecule has 6 heteroatoms. The van der Waals surface area contributed by atoms with Crippen LogP contribution in [0.1, 0.15) is 32.6 Å². The van der Waals surface area contributed by atoms with Gasteiger partial charge in [0.15, 0.2) is 5.03 Å². The molecule has 1 aromatic heterocycles. The average molecular weight is 257 g/mol. The molecule has 0 aromatic carbocycles. The van der Waals surface area contributed by atoms with Gasteiger partial charge in [-0.05, 0) is 18.8 Å². The summed E-state index contributed by atoms with van der Waals surface area (Å²) in [5.41, 5.74) is 0. The lowest BCUT2D eigenvalue weighted by atomic mass is 9.86. The van der Waals surface area contributed by atoms with Crippen molar-refractivity contribution in [2.45, 2.75) is 43.7 Å². The summed E-state index contributed by atoms with van der Waals surface area (Å²) in [5.74, 6) is 0.423. The summed E-state index contributed by atoms with van der Waals surface area (Å²) in [6.45, 7) is 2.13. The summed E-state index contributed by atoms with van der Waals surface area (Å²) in [5, 5.41) is 0.178. The summed E-state index contributed by atoms with van der Waals surface area (Å²) < 4.78 is 26.1. The van der Waals surface area contributed by atoms with Gasteiger partial charge >= 0.3 is 0 Å².